The number of alkyl halides is 2. The van der Waals surface area contributed by atoms with Crippen molar-refractivity contribution >= 4 is 29.1 Å². The number of halogens is 2. The molecule has 1 atom stereocenters. The number of rotatable bonds is 9. The first-order chi connectivity index (χ1) is 14.7. The quantitative estimate of drug-likeness (QED) is 0.573. The zero-order valence-electron chi connectivity index (χ0n) is 17.6. The van der Waals surface area contributed by atoms with Crippen molar-refractivity contribution in [3.63, 3.8) is 0 Å². The van der Waals surface area contributed by atoms with Crippen molar-refractivity contribution in [2.24, 2.45) is 11.7 Å². The Morgan fingerprint density at radius 3 is 2.58 bits per heavy atom. The molecule has 2 fully saturated rings. The highest BCUT2D eigenvalue weighted by Crippen LogP contribution is 2.34. The zero-order chi connectivity index (χ0) is 22.7. The van der Waals surface area contributed by atoms with Crippen LogP contribution in [0.2, 0.25) is 0 Å². The molecule has 1 aromatic carbocycles. The molecule has 0 bridgehead atoms. The van der Waals surface area contributed by atoms with Crippen LogP contribution in [0.25, 0.3) is 0 Å². The van der Waals surface area contributed by atoms with E-state index in [0.29, 0.717) is 6.54 Å². The zero-order valence-corrected chi connectivity index (χ0v) is 17.6. The van der Waals surface area contributed by atoms with Crippen LogP contribution in [0.1, 0.15) is 38.7 Å². The maximum Gasteiger partial charge on any atom is 0.265 e. The Balaban J connectivity index is 1.83. The van der Waals surface area contributed by atoms with Gasteiger partial charge in [0.2, 0.25) is 5.91 Å². The molecule has 1 aliphatic heterocycles. The number of primary amides is 1. The monoisotopic (exact) mass is 438 g/mol. The Morgan fingerprint density at radius 2 is 2.03 bits per heavy atom. The van der Waals surface area contributed by atoms with E-state index in [1.165, 1.54) is 17.0 Å². The number of carbonyl (C=O) groups excluding carboxylic acids is 3. The van der Waals surface area contributed by atoms with E-state index in [-0.39, 0.29) is 48.7 Å². The second-order valence-electron chi connectivity index (χ2n) is 8.29. The van der Waals surface area contributed by atoms with Crippen LogP contribution in [0, 0.1) is 5.92 Å². The van der Waals surface area contributed by atoms with E-state index in [2.05, 4.69) is 5.32 Å². The maximum atomic E-state index is 13.7. The fourth-order valence-corrected chi connectivity index (χ4v) is 3.77. The SMILES string of the molecule is CC(C)CN(C1CC1)[C@H](C(N)=O)C(=O)Nc1ccc(N2CCOCC2=O)c(C(F)F)c1. The minimum absolute atomic E-state index is 0.0761. The standard InChI is InChI=1S/C21H28F2N4O4/c1-12(2)10-27(14-4-5-14)18(20(24)29)21(30)25-13-3-6-16(15(9-13)19(22)23)26-7-8-31-11-17(26)28/h3,6,9,12,14,18-19H,4-5,7-8,10-11H2,1-2H3,(H2,24,29)(H,25,30)/t18-/m1/s1. The van der Waals surface area contributed by atoms with E-state index in [1.807, 2.05) is 13.8 Å². The van der Waals surface area contributed by atoms with E-state index in [4.69, 9.17) is 10.5 Å². The number of morpholine rings is 1. The third-order valence-electron chi connectivity index (χ3n) is 5.25. The van der Waals surface area contributed by atoms with Crippen LogP contribution in [-0.2, 0) is 19.1 Å². The third-order valence-corrected chi connectivity index (χ3v) is 5.25. The van der Waals surface area contributed by atoms with Crippen LogP contribution in [-0.4, -0.2) is 61.0 Å². The van der Waals surface area contributed by atoms with Gasteiger partial charge >= 0.3 is 0 Å². The highest BCUT2D eigenvalue weighted by Gasteiger charge is 2.40. The van der Waals surface area contributed by atoms with Crippen molar-refractivity contribution < 1.29 is 27.9 Å². The number of nitrogens with two attached hydrogens (primary N) is 1. The molecule has 1 heterocycles. The lowest BCUT2D eigenvalue weighted by molar-refractivity contribution is -0.133. The Morgan fingerprint density at radius 1 is 1.32 bits per heavy atom. The number of ether oxygens (including phenoxy) is 1. The molecule has 0 aromatic heterocycles. The molecule has 170 valence electrons. The largest absolute Gasteiger partial charge is 0.370 e. The molecular weight excluding hydrogens is 410 g/mol. The Hall–Kier alpha value is -2.59. The van der Waals surface area contributed by atoms with Crippen molar-refractivity contribution in [1.82, 2.24) is 4.90 Å². The molecule has 3 amide bonds. The summed E-state index contributed by atoms with van der Waals surface area (Å²) in [5, 5.41) is 2.55. The number of anilines is 2. The lowest BCUT2D eigenvalue weighted by atomic mass is 10.1. The molecule has 3 N–H and O–H groups in total. The van der Waals surface area contributed by atoms with E-state index >= 15 is 0 Å². The molecule has 1 saturated heterocycles. The van der Waals surface area contributed by atoms with Gasteiger partial charge in [-0.1, -0.05) is 13.8 Å². The molecule has 1 saturated carbocycles. The van der Waals surface area contributed by atoms with Crippen LogP contribution in [0.15, 0.2) is 18.2 Å². The second kappa shape index (κ2) is 9.69. The second-order valence-corrected chi connectivity index (χ2v) is 8.29. The summed E-state index contributed by atoms with van der Waals surface area (Å²) in [7, 11) is 0. The molecule has 3 rings (SSSR count). The predicted molar refractivity (Wildman–Crippen MR) is 111 cm³/mol. The number of amides is 3. The summed E-state index contributed by atoms with van der Waals surface area (Å²) in [5.74, 6) is -1.64. The Labute approximate surface area is 179 Å². The van der Waals surface area contributed by atoms with Crippen LogP contribution in [0.4, 0.5) is 20.2 Å². The molecule has 8 nitrogen and oxygen atoms in total. The molecule has 1 aliphatic carbocycles. The van der Waals surface area contributed by atoms with Crippen molar-refractivity contribution in [3.05, 3.63) is 23.8 Å². The third kappa shape index (κ3) is 5.56. The van der Waals surface area contributed by atoms with Gasteiger partial charge in [-0.15, -0.1) is 0 Å². The van der Waals surface area contributed by atoms with Gasteiger partial charge < -0.3 is 20.7 Å². The lowest BCUT2D eigenvalue weighted by Crippen LogP contribution is -2.54. The van der Waals surface area contributed by atoms with Crippen LogP contribution in [0.5, 0.6) is 0 Å². The average Bonchev–Trinajstić information content (AvgIpc) is 3.52. The molecule has 1 aromatic rings. The fraction of sp³-hybridized carbons (Fsp3) is 0.571. The van der Waals surface area contributed by atoms with Gasteiger partial charge in [-0.2, -0.15) is 0 Å². The van der Waals surface area contributed by atoms with Crippen LogP contribution >= 0.6 is 0 Å². The molecule has 2 aliphatic rings. The molecular formula is C21H28F2N4O4. The van der Waals surface area contributed by atoms with Gasteiger partial charge in [-0.25, -0.2) is 8.78 Å². The fourth-order valence-electron chi connectivity index (χ4n) is 3.77. The van der Waals surface area contributed by atoms with Gasteiger partial charge in [0.15, 0.2) is 6.04 Å². The normalized spacial score (nSPS) is 18.0. The van der Waals surface area contributed by atoms with E-state index in [1.54, 1.807) is 4.90 Å². The van der Waals surface area contributed by atoms with E-state index in [9.17, 15) is 23.2 Å². The summed E-state index contributed by atoms with van der Waals surface area (Å²) in [6.07, 6.45) is -1.11. The number of hydrogen-bond donors (Lipinski definition) is 2. The van der Waals surface area contributed by atoms with Crippen molar-refractivity contribution in [2.75, 3.05) is 36.5 Å². The van der Waals surface area contributed by atoms with Gasteiger partial charge in [0.25, 0.3) is 18.2 Å². The van der Waals surface area contributed by atoms with Gasteiger partial charge in [0.05, 0.1) is 12.3 Å². The maximum absolute atomic E-state index is 13.7. The number of benzene rings is 1. The average molecular weight is 438 g/mol. The summed E-state index contributed by atoms with van der Waals surface area (Å²) in [6, 6.07) is 2.85. The predicted octanol–water partition coefficient (Wildman–Crippen LogP) is 1.90. The van der Waals surface area contributed by atoms with Gasteiger partial charge in [0.1, 0.15) is 6.61 Å². The molecule has 10 heteroatoms. The lowest BCUT2D eigenvalue weighted by Gasteiger charge is -2.30. The van der Waals surface area contributed by atoms with Crippen molar-refractivity contribution in [1.29, 1.82) is 0 Å². The minimum Gasteiger partial charge on any atom is -0.370 e. The minimum atomic E-state index is -2.86. The van der Waals surface area contributed by atoms with Crippen LogP contribution < -0.4 is 16.0 Å². The first kappa shape index (κ1) is 23.1. The van der Waals surface area contributed by atoms with Crippen molar-refractivity contribution in [2.45, 2.75) is 45.2 Å². The van der Waals surface area contributed by atoms with E-state index in [0.717, 1.165) is 18.9 Å². The first-order valence-electron chi connectivity index (χ1n) is 10.3. The molecule has 0 unspecified atom stereocenters. The summed E-state index contributed by atoms with van der Waals surface area (Å²) in [6.45, 7) is 4.72. The highest BCUT2D eigenvalue weighted by atomic mass is 19.3. The molecule has 0 radical (unpaired) electrons. The first-order valence-corrected chi connectivity index (χ1v) is 10.3. The summed E-state index contributed by atoms with van der Waals surface area (Å²) in [4.78, 5) is 40.1. The molecule has 31 heavy (non-hydrogen) atoms. The van der Waals surface area contributed by atoms with Crippen molar-refractivity contribution in [3.8, 4) is 0 Å². The highest BCUT2D eigenvalue weighted by molar-refractivity contribution is 6.09. The van der Waals surface area contributed by atoms with Gasteiger partial charge in [-0.05, 0) is 37.0 Å². The summed E-state index contributed by atoms with van der Waals surface area (Å²) < 4.78 is 32.5. The number of nitrogens with zero attached hydrogens (tertiary/aromatic N) is 2. The van der Waals surface area contributed by atoms with Gasteiger partial charge in [0, 0.05) is 30.4 Å². The number of carbonyl (C=O) groups is 3. The topological polar surface area (TPSA) is 105 Å². The molecule has 0 spiro atoms. The smallest absolute Gasteiger partial charge is 0.265 e. The Bertz CT molecular complexity index is 845. The van der Waals surface area contributed by atoms with Gasteiger partial charge in [-0.3, -0.25) is 19.3 Å². The number of nitrogens with one attached hydrogen (secondary N) is 1. The summed E-state index contributed by atoms with van der Waals surface area (Å²) >= 11 is 0. The number of hydrogen-bond acceptors (Lipinski definition) is 5. The Kier molecular flexibility index (Phi) is 7.22. The summed E-state index contributed by atoms with van der Waals surface area (Å²) in [5.41, 5.74) is 5.33. The van der Waals surface area contributed by atoms with E-state index < -0.39 is 30.2 Å². The van der Waals surface area contributed by atoms with Crippen LogP contribution in [0.3, 0.4) is 0 Å².